The van der Waals surface area contributed by atoms with E-state index < -0.39 is 42.9 Å². The maximum absolute atomic E-state index is 12.0. The molecule has 2 aromatic carbocycles. The van der Waals surface area contributed by atoms with Crippen LogP contribution in [0.1, 0.15) is 31.3 Å². The first kappa shape index (κ1) is 22.4. The van der Waals surface area contributed by atoms with Gasteiger partial charge >= 0.3 is 5.97 Å². The number of amides is 1. The average Bonchev–Trinajstić information content (AvgIpc) is 2.80. The van der Waals surface area contributed by atoms with Gasteiger partial charge in [0.1, 0.15) is 18.2 Å². The van der Waals surface area contributed by atoms with Crippen molar-refractivity contribution in [2.24, 2.45) is 0 Å². The Hall–Kier alpha value is -2.78. The summed E-state index contributed by atoms with van der Waals surface area (Å²) in [5.74, 6) is -0.784. The molecule has 0 bridgehead atoms. The van der Waals surface area contributed by atoms with Crippen molar-refractivity contribution in [2.75, 3.05) is 6.61 Å². The van der Waals surface area contributed by atoms with E-state index in [9.17, 15) is 9.59 Å². The second kappa shape index (κ2) is 10.2. The highest BCUT2D eigenvalue weighted by atomic mass is 16.8. The molecule has 2 saturated heterocycles. The fourth-order valence-corrected chi connectivity index (χ4v) is 3.97. The van der Waals surface area contributed by atoms with Crippen LogP contribution >= 0.6 is 0 Å². The minimum Gasteiger partial charge on any atom is -0.457 e. The summed E-state index contributed by atoms with van der Waals surface area (Å²) in [4.78, 5) is 23.9. The second-order valence-electron chi connectivity index (χ2n) is 7.82. The van der Waals surface area contributed by atoms with Gasteiger partial charge in [-0.3, -0.25) is 9.59 Å². The zero-order valence-electron chi connectivity index (χ0n) is 18.0. The van der Waals surface area contributed by atoms with Crippen LogP contribution in [0.2, 0.25) is 0 Å². The van der Waals surface area contributed by atoms with Crippen LogP contribution in [0, 0.1) is 0 Å². The lowest BCUT2D eigenvalue weighted by atomic mass is 9.95. The molecular weight excluding hydrogens is 414 g/mol. The van der Waals surface area contributed by atoms with Crippen LogP contribution in [-0.2, 0) is 39.9 Å². The molecule has 32 heavy (non-hydrogen) atoms. The van der Waals surface area contributed by atoms with Crippen LogP contribution in [0.5, 0.6) is 0 Å². The number of carbonyl (C=O) groups excluding carboxylic acids is 2. The molecule has 0 radical (unpaired) electrons. The molecule has 8 nitrogen and oxygen atoms in total. The smallest absolute Gasteiger partial charge is 0.303 e. The van der Waals surface area contributed by atoms with E-state index in [1.807, 2.05) is 60.7 Å². The lowest BCUT2D eigenvalue weighted by molar-refractivity contribution is -0.346. The lowest BCUT2D eigenvalue weighted by Gasteiger charge is -2.48. The van der Waals surface area contributed by atoms with E-state index in [0.717, 1.165) is 11.1 Å². The van der Waals surface area contributed by atoms with E-state index in [4.69, 9.17) is 23.7 Å². The molecule has 0 unspecified atom stereocenters. The van der Waals surface area contributed by atoms with Gasteiger partial charge in [0, 0.05) is 19.4 Å². The molecule has 2 heterocycles. The van der Waals surface area contributed by atoms with E-state index in [1.165, 1.54) is 13.8 Å². The highest BCUT2D eigenvalue weighted by Crippen LogP contribution is 2.36. The van der Waals surface area contributed by atoms with Crippen molar-refractivity contribution in [2.45, 2.75) is 57.4 Å². The van der Waals surface area contributed by atoms with Crippen LogP contribution in [0.25, 0.3) is 0 Å². The molecule has 0 aromatic heterocycles. The van der Waals surface area contributed by atoms with Crippen molar-refractivity contribution in [1.29, 1.82) is 0 Å². The van der Waals surface area contributed by atoms with Crippen molar-refractivity contribution in [3.05, 3.63) is 71.8 Å². The Labute approximate surface area is 186 Å². The van der Waals surface area contributed by atoms with Crippen molar-refractivity contribution in [3.8, 4) is 0 Å². The second-order valence-corrected chi connectivity index (χ2v) is 7.82. The monoisotopic (exact) mass is 441 g/mol. The molecule has 0 saturated carbocycles. The number of rotatable bonds is 6. The summed E-state index contributed by atoms with van der Waals surface area (Å²) in [6, 6.07) is 18.3. The first-order valence-corrected chi connectivity index (χ1v) is 10.6. The fourth-order valence-electron chi connectivity index (χ4n) is 3.97. The molecule has 8 heteroatoms. The number of benzene rings is 2. The molecule has 170 valence electrons. The first-order chi connectivity index (χ1) is 15.5. The van der Waals surface area contributed by atoms with Crippen molar-refractivity contribution >= 4 is 11.9 Å². The normalized spacial score (nSPS) is 29.6. The first-order valence-electron chi connectivity index (χ1n) is 10.6. The van der Waals surface area contributed by atoms with Gasteiger partial charge in [0.2, 0.25) is 5.91 Å². The van der Waals surface area contributed by atoms with Crippen LogP contribution < -0.4 is 5.32 Å². The number of esters is 1. The summed E-state index contributed by atoms with van der Waals surface area (Å²) in [5, 5.41) is 2.82. The highest BCUT2D eigenvalue weighted by Gasteiger charge is 2.52. The summed E-state index contributed by atoms with van der Waals surface area (Å²) in [5.41, 5.74) is 1.79. The molecule has 2 aliphatic heterocycles. The van der Waals surface area contributed by atoms with Gasteiger partial charge in [-0.25, -0.2) is 0 Å². The molecule has 2 aliphatic rings. The Morgan fingerprint density at radius 1 is 1.00 bits per heavy atom. The third-order valence-electron chi connectivity index (χ3n) is 5.34. The SMILES string of the molecule is CC(=O)N[C@@H]1[C@H](OCc2ccccc2)O[C@H]2CO[C@H](c3ccccc3)O[C@H]2[C@@H]1OC(C)=O. The fraction of sp³-hybridized carbons (Fsp3) is 0.417. The summed E-state index contributed by atoms with van der Waals surface area (Å²) >= 11 is 0. The standard InChI is InChI=1S/C24H27NO7/c1-15(26)25-20-22(30-16(2)27)21-19(14-29-23(32-21)18-11-7-4-8-12-18)31-24(20)28-13-17-9-5-3-6-10-17/h3-12,19-24H,13-14H2,1-2H3,(H,25,26)/t19-,20-,21+,22+,23-,24+/m0/s1. The topological polar surface area (TPSA) is 92.3 Å². The number of nitrogens with one attached hydrogen (secondary N) is 1. The summed E-state index contributed by atoms with van der Waals surface area (Å²) < 4.78 is 29.9. The molecule has 2 aromatic rings. The molecule has 1 amide bonds. The highest BCUT2D eigenvalue weighted by molar-refractivity contribution is 5.73. The third-order valence-corrected chi connectivity index (χ3v) is 5.34. The van der Waals surface area contributed by atoms with Gasteiger partial charge in [-0.1, -0.05) is 60.7 Å². The van der Waals surface area contributed by atoms with Gasteiger partial charge in [-0.05, 0) is 5.56 Å². The van der Waals surface area contributed by atoms with Gasteiger partial charge < -0.3 is 29.0 Å². The Morgan fingerprint density at radius 3 is 2.34 bits per heavy atom. The Morgan fingerprint density at radius 2 is 1.69 bits per heavy atom. The van der Waals surface area contributed by atoms with Crippen molar-refractivity contribution in [1.82, 2.24) is 5.32 Å². The molecule has 2 fully saturated rings. The van der Waals surface area contributed by atoms with Crippen LogP contribution in [0.3, 0.4) is 0 Å². The number of hydrogen-bond donors (Lipinski definition) is 1. The minimum atomic E-state index is -0.856. The Bertz CT molecular complexity index is 907. The van der Waals surface area contributed by atoms with Crippen molar-refractivity contribution < 1.29 is 33.3 Å². The zero-order valence-corrected chi connectivity index (χ0v) is 18.0. The minimum absolute atomic E-state index is 0.222. The summed E-state index contributed by atoms with van der Waals surface area (Å²) in [6.45, 7) is 3.20. The molecule has 4 rings (SSSR count). The number of fused-ring (bicyclic) bond motifs is 1. The van der Waals surface area contributed by atoms with E-state index in [0.29, 0.717) is 0 Å². The van der Waals surface area contributed by atoms with Gasteiger partial charge in [0.05, 0.1) is 13.2 Å². The zero-order chi connectivity index (χ0) is 22.5. The molecular formula is C24H27NO7. The summed E-state index contributed by atoms with van der Waals surface area (Å²) in [7, 11) is 0. The average molecular weight is 441 g/mol. The molecule has 6 atom stereocenters. The summed E-state index contributed by atoms with van der Waals surface area (Å²) in [6.07, 6.45) is -3.49. The molecule has 0 aliphatic carbocycles. The number of hydrogen-bond acceptors (Lipinski definition) is 7. The van der Waals surface area contributed by atoms with E-state index in [1.54, 1.807) is 0 Å². The van der Waals surface area contributed by atoms with E-state index in [-0.39, 0.29) is 19.1 Å². The van der Waals surface area contributed by atoms with Gasteiger partial charge in [0.15, 0.2) is 18.7 Å². The molecule has 0 spiro atoms. The van der Waals surface area contributed by atoms with Crippen LogP contribution in [0.15, 0.2) is 60.7 Å². The maximum Gasteiger partial charge on any atom is 0.303 e. The quantitative estimate of drug-likeness (QED) is 0.689. The van der Waals surface area contributed by atoms with Gasteiger partial charge in [-0.15, -0.1) is 0 Å². The predicted molar refractivity (Wildman–Crippen MR) is 113 cm³/mol. The van der Waals surface area contributed by atoms with Crippen molar-refractivity contribution in [3.63, 3.8) is 0 Å². The van der Waals surface area contributed by atoms with Gasteiger partial charge in [-0.2, -0.15) is 0 Å². The largest absolute Gasteiger partial charge is 0.457 e. The molecule has 1 N–H and O–H groups in total. The maximum atomic E-state index is 12.0. The predicted octanol–water partition coefficient (Wildman–Crippen LogP) is 2.48. The number of carbonyl (C=O) groups is 2. The Kier molecular flexibility index (Phi) is 7.16. The van der Waals surface area contributed by atoms with E-state index >= 15 is 0 Å². The third kappa shape index (κ3) is 5.34. The van der Waals surface area contributed by atoms with Crippen LogP contribution in [-0.4, -0.2) is 49.1 Å². The van der Waals surface area contributed by atoms with Crippen LogP contribution in [0.4, 0.5) is 0 Å². The number of ether oxygens (including phenoxy) is 5. The van der Waals surface area contributed by atoms with E-state index in [2.05, 4.69) is 5.32 Å². The Balaban J connectivity index is 1.57. The van der Waals surface area contributed by atoms with Gasteiger partial charge in [0.25, 0.3) is 0 Å². The lowest BCUT2D eigenvalue weighted by Crippen LogP contribution is -2.67.